The Morgan fingerprint density at radius 1 is 1.06 bits per heavy atom. The quantitative estimate of drug-likeness (QED) is 0.850. The van der Waals surface area contributed by atoms with Crippen LogP contribution in [0.15, 0.2) is 24.3 Å². The van der Waals surface area contributed by atoms with Crippen LogP contribution in [-0.4, -0.2) is 10.2 Å². The number of benzene rings is 1. The molecule has 1 aromatic carbocycles. The van der Waals surface area contributed by atoms with Crippen molar-refractivity contribution in [1.29, 1.82) is 0 Å². The van der Waals surface area contributed by atoms with Crippen LogP contribution in [0.5, 0.6) is 0 Å². The van der Waals surface area contributed by atoms with Gasteiger partial charge >= 0.3 is 0 Å². The maximum Gasteiger partial charge on any atom is 0.123 e. The molecule has 0 fully saturated rings. The van der Waals surface area contributed by atoms with Crippen molar-refractivity contribution >= 4 is 0 Å². The third-order valence-electron chi connectivity index (χ3n) is 3.13. The molecule has 1 N–H and O–H groups in total. The molecule has 1 heterocycles. The third-order valence-corrected chi connectivity index (χ3v) is 3.13. The Balaban J connectivity index is 2.51. The van der Waals surface area contributed by atoms with E-state index in [9.17, 15) is 4.39 Å². The fourth-order valence-corrected chi connectivity index (χ4v) is 2.02. The van der Waals surface area contributed by atoms with Gasteiger partial charge in [-0.2, -0.15) is 5.10 Å². The summed E-state index contributed by atoms with van der Waals surface area (Å²) in [5, 5.41) is 7.32. The van der Waals surface area contributed by atoms with Gasteiger partial charge < -0.3 is 0 Å². The Bertz CT molecular complexity index is 541. The molecule has 0 saturated heterocycles. The molecule has 0 radical (unpaired) electrons. The van der Waals surface area contributed by atoms with Gasteiger partial charge in [0.25, 0.3) is 0 Å². The molecule has 2 nitrogen and oxygen atoms in total. The van der Waals surface area contributed by atoms with Crippen LogP contribution in [0.25, 0.3) is 11.3 Å². The molecule has 0 aliphatic rings. The van der Waals surface area contributed by atoms with Crippen LogP contribution in [0.3, 0.4) is 0 Å². The first-order chi connectivity index (χ1) is 8.49. The molecular formula is C15H19FN2. The topological polar surface area (TPSA) is 28.7 Å². The van der Waals surface area contributed by atoms with Crippen molar-refractivity contribution in [2.75, 3.05) is 0 Å². The van der Waals surface area contributed by atoms with Crippen LogP contribution in [0.1, 0.15) is 50.8 Å². The zero-order valence-electron chi connectivity index (χ0n) is 11.3. The summed E-state index contributed by atoms with van der Waals surface area (Å²) in [6.45, 7) is 8.41. The molecule has 0 amide bonds. The van der Waals surface area contributed by atoms with E-state index < -0.39 is 0 Å². The van der Waals surface area contributed by atoms with Crippen molar-refractivity contribution in [3.05, 3.63) is 41.3 Å². The van der Waals surface area contributed by atoms with Gasteiger partial charge in [-0.15, -0.1) is 0 Å². The molecule has 0 atom stereocenters. The van der Waals surface area contributed by atoms with E-state index in [1.54, 1.807) is 6.07 Å². The van der Waals surface area contributed by atoms with Crippen LogP contribution in [0.4, 0.5) is 4.39 Å². The molecular weight excluding hydrogens is 227 g/mol. The molecule has 18 heavy (non-hydrogen) atoms. The second kappa shape index (κ2) is 4.92. The van der Waals surface area contributed by atoms with Gasteiger partial charge in [0.2, 0.25) is 0 Å². The van der Waals surface area contributed by atoms with E-state index in [-0.39, 0.29) is 5.82 Å². The summed E-state index contributed by atoms with van der Waals surface area (Å²) < 4.78 is 13.4. The number of hydrogen-bond donors (Lipinski definition) is 1. The van der Waals surface area contributed by atoms with Crippen molar-refractivity contribution in [2.24, 2.45) is 0 Å². The molecule has 2 aromatic rings. The number of H-pyrrole nitrogens is 1. The molecule has 96 valence electrons. The van der Waals surface area contributed by atoms with Crippen molar-refractivity contribution in [2.45, 2.75) is 39.5 Å². The van der Waals surface area contributed by atoms with Gasteiger partial charge in [-0.1, -0.05) is 33.8 Å². The van der Waals surface area contributed by atoms with Crippen LogP contribution in [0.2, 0.25) is 0 Å². The Morgan fingerprint density at radius 3 is 2.33 bits per heavy atom. The van der Waals surface area contributed by atoms with E-state index in [1.807, 2.05) is 12.1 Å². The molecule has 2 rings (SSSR count). The van der Waals surface area contributed by atoms with Crippen LogP contribution in [-0.2, 0) is 0 Å². The summed E-state index contributed by atoms with van der Waals surface area (Å²) >= 11 is 0. The van der Waals surface area contributed by atoms with Crippen molar-refractivity contribution in [3.63, 3.8) is 0 Å². The minimum atomic E-state index is -0.219. The minimum Gasteiger partial charge on any atom is -0.282 e. The number of nitrogens with one attached hydrogen (secondary N) is 1. The second-order valence-corrected chi connectivity index (χ2v) is 5.25. The Labute approximate surface area is 107 Å². The van der Waals surface area contributed by atoms with Gasteiger partial charge in [0.05, 0.1) is 5.69 Å². The molecule has 0 aliphatic carbocycles. The number of nitrogens with zero attached hydrogens (tertiary/aromatic N) is 1. The fourth-order valence-electron chi connectivity index (χ4n) is 2.02. The van der Waals surface area contributed by atoms with E-state index in [2.05, 4.69) is 37.9 Å². The smallest absolute Gasteiger partial charge is 0.123 e. The predicted octanol–water partition coefficient (Wildman–Crippen LogP) is 4.46. The lowest BCUT2D eigenvalue weighted by atomic mass is 9.95. The lowest BCUT2D eigenvalue weighted by molar-refractivity contribution is 0.627. The molecule has 0 saturated carbocycles. The van der Waals surface area contributed by atoms with Gasteiger partial charge in [0.1, 0.15) is 5.82 Å². The first-order valence-electron chi connectivity index (χ1n) is 6.34. The highest BCUT2D eigenvalue weighted by Crippen LogP contribution is 2.30. The monoisotopic (exact) mass is 246 g/mol. The van der Waals surface area contributed by atoms with Crippen molar-refractivity contribution in [3.8, 4) is 11.3 Å². The molecule has 3 heteroatoms. The largest absolute Gasteiger partial charge is 0.282 e. The van der Waals surface area contributed by atoms with Gasteiger partial charge in [0, 0.05) is 11.3 Å². The lowest BCUT2D eigenvalue weighted by Crippen LogP contribution is -1.93. The third kappa shape index (κ3) is 2.45. The Kier molecular flexibility index (Phi) is 3.50. The number of aromatic amines is 1. The highest BCUT2D eigenvalue weighted by molar-refractivity contribution is 5.64. The van der Waals surface area contributed by atoms with E-state index in [1.165, 1.54) is 6.07 Å². The van der Waals surface area contributed by atoms with Crippen LogP contribution in [0, 0.1) is 5.82 Å². The summed E-state index contributed by atoms with van der Waals surface area (Å²) in [4.78, 5) is 0. The molecule has 1 aromatic heterocycles. The Morgan fingerprint density at radius 2 is 1.78 bits per heavy atom. The molecule has 0 bridgehead atoms. The van der Waals surface area contributed by atoms with E-state index in [4.69, 9.17) is 0 Å². The molecule has 0 aliphatic heterocycles. The van der Waals surface area contributed by atoms with Crippen LogP contribution >= 0.6 is 0 Å². The maximum atomic E-state index is 13.4. The normalized spacial score (nSPS) is 11.5. The van der Waals surface area contributed by atoms with Crippen LogP contribution < -0.4 is 0 Å². The number of hydrogen-bond acceptors (Lipinski definition) is 1. The van der Waals surface area contributed by atoms with E-state index in [0.29, 0.717) is 11.8 Å². The van der Waals surface area contributed by atoms with Gasteiger partial charge in [-0.05, 0) is 35.6 Å². The summed E-state index contributed by atoms with van der Waals surface area (Å²) in [5.41, 5.74) is 3.90. The highest BCUT2D eigenvalue weighted by atomic mass is 19.1. The highest BCUT2D eigenvalue weighted by Gasteiger charge is 2.13. The van der Waals surface area contributed by atoms with Gasteiger partial charge in [-0.25, -0.2) is 4.39 Å². The maximum absolute atomic E-state index is 13.4. The van der Waals surface area contributed by atoms with E-state index >= 15 is 0 Å². The predicted molar refractivity (Wildman–Crippen MR) is 72.2 cm³/mol. The average Bonchev–Trinajstić information content (AvgIpc) is 2.77. The van der Waals surface area contributed by atoms with Gasteiger partial charge in [0.15, 0.2) is 0 Å². The lowest BCUT2D eigenvalue weighted by Gasteiger charge is -2.10. The average molecular weight is 246 g/mol. The van der Waals surface area contributed by atoms with Gasteiger partial charge in [-0.3, -0.25) is 5.10 Å². The summed E-state index contributed by atoms with van der Waals surface area (Å²) in [6, 6.07) is 6.93. The zero-order chi connectivity index (χ0) is 13.3. The summed E-state index contributed by atoms with van der Waals surface area (Å²) in [7, 11) is 0. The minimum absolute atomic E-state index is 0.219. The zero-order valence-corrected chi connectivity index (χ0v) is 11.3. The van der Waals surface area contributed by atoms with Crippen molar-refractivity contribution in [1.82, 2.24) is 10.2 Å². The second-order valence-electron chi connectivity index (χ2n) is 5.25. The summed E-state index contributed by atoms with van der Waals surface area (Å²) in [6.07, 6.45) is 0. The first-order valence-corrected chi connectivity index (χ1v) is 6.34. The SMILES string of the molecule is CC(C)c1cc(-c2cc(F)ccc2C(C)C)n[nH]1. The fraction of sp³-hybridized carbons (Fsp3) is 0.400. The summed E-state index contributed by atoms with van der Waals surface area (Å²) in [5.74, 6) is 0.519. The molecule has 0 unspecified atom stereocenters. The Hall–Kier alpha value is -1.64. The van der Waals surface area contributed by atoms with E-state index in [0.717, 1.165) is 22.5 Å². The number of halogens is 1. The van der Waals surface area contributed by atoms with Crippen molar-refractivity contribution < 1.29 is 4.39 Å². The number of aromatic nitrogens is 2. The first kappa shape index (κ1) is 12.8. The number of rotatable bonds is 3. The standard InChI is InChI=1S/C15H19FN2/c1-9(2)12-6-5-11(16)7-13(12)15-8-14(10(3)4)17-18-15/h5-10H,1-4H3,(H,17,18). The molecule has 0 spiro atoms.